The number of carbonyl (C=O) groups excluding carboxylic acids is 1. The zero-order chi connectivity index (χ0) is 10.1. The van der Waals surface area contributed by atoms with Crippen molar-refractivity contribution in [3.05, 3.63) is 0 Å². The van der Waals surface area contributed by atoms with Crippen molar-refractivity contribution in [2.24, 2.45) is 0 Å². The van der Waals surface area contributed by atoms with E-state index in [2.05, 4.69) is 26.1 Å². The fourth-order valence-corrected chi connectivity index (χ4v) is 1.73. The monoisotopic (exact) mass is 184 g/mol. The Morgan fingerprint density at radius 2 is 2.08 bits per heavy atom. The molecule has 3 heteroatoms. The van der Waals surface area contributed by atoms with Crippen LogP contribution in [-0.2, 0) is 4.79 Å². The van der Waals surface area contributed by atoms with Crippen molar-refractivity contribution in [1.29, 1.82) is 0 Å². The Morgan fingerprint density at radius 3 is 2.54 bits per heavy atom. The van der Waals surface area contributed by atoms with E-state index in [1.807, 2.05) is 11.9 Å². The van der Waals surface area contributed by atoms with E-state index in [-0.39, 0.29) is 5.54 Å². The maximum absolute atomic E-state index is 11.6. The van der Waals surface area contributed by atoms with Gasteiger partial charge in [-0.05, 0) is 34.2 Å². The summed E-state index contributed by atoms with van der Waals surface area (Å²) in [5.41, 5.74) is -0.0351. The molecule has 0 aliphatic carbocycles. The predicted octanol–water partition coefficient (Wildman–Crippen LogP) is 0.995. The molecule has 0 spiro atoms. The minimum atomic E-state index is -0.0351. The van der Waals surface area contributed by atoms with Gasteiger partial charge in [0.2, 0.25) is 5.91 Å². The SMILES string of the molecule is CNC1CCC(=O)N(C(C)(C)C)C1. The Labute approximate surface area is 80.5 Å². The minimum absolute atomic E-state index is 0.0351. The van der Waals surface area contributed by atoms with Gasteiger partial charge in [-0.1, -0.05) is 0 Å². The highest BCUT2D eigenvalue weighted by atomic mass is 16.2. The van der Waals surface area contributed by atoms with Crippen molar-refractivity contribution in [1.82, 2.24) is 10.2 Å². The molecule has 0 aromatic rings. The van der Waals surface area contributed by atoms with Crippen LogP contribution in [0, 0.1) is 0 Å². The van der Waals surface area contributed by atoms with Crippen molar-refractivity contribution in [3.8, 4) is 0 Å². The molecule has 1 N–H and O–H groups in total. The van der Waals surface area contributed by atoms with Crippen molar-refractivity contribution < 1.29 is 4.79 Å². The molecule has 1 unspecified atom stereocenters. The lowest BCUT2D eigenvalue weighted by Gasteiger charge is -2.41. The van der Waals surface area contributed by atoms with Crippen LogP contribution in [0.5, 0.6) is 0 Å². The molecule has 0 saturated carbocycles. The van der Waals surface area contributed by atoms with Crippen LogP contribution < -0.4 is 5.32 Å². The fraction of sp³-hybridized carbons (Fsp3) is 0.900. The molecule has 1 rings (SSSR count). The van der Waals surface area contributed by atoms with Gasteiger partial charge in [0, 0.05) is 24.5 Å². The molecular weight excluding hydrogens is 164 g/mol. The van der Waals surface area contributed by atoms with Gasteiger partial charge in [-0.3, -0.25) is 4.79 Å². The number of piperidine rings is 1. The third-order valence-electron chi connectivity index (χ3n) is 2.63. The Balaban J connectivity index is 2.66. The minimum Gasteiger partial charge on any atom is -0.336 e. The second kappa shape index (κ2) is 3.66. The van der Waals surface area contributed by atoms with Gasteiger partial charge in [-0.2, -0.15) is 0 Å². The van der Waals surface area contributed by atoms with E-state index in [1.165, 1.54) is 0 Å². The molecule has 0 aromatic heterocycles. The maximum Gasteiger partial charge on any atom is 0.223 e. The number of nitrogens with zero attached hydrogens (tertiary/aromatic N) is 1. The van der Waals surface area contributed by atoms with E-state index in [0.29, 0.717) is 18.4 Å². The first kappa shape index (κ1) is 10.5. The molecule has 1 aliphatic rings. The number of nitrogens with one attached hydrogen (secondary N) is 1. The first-order valence-corrected chi connectivity index (χ1v) is 4.93. The predicted molar refractivity (Wildman–Crippen MR) is 53.5 cm³/mol. The van der Waals surface area contributed by atoms with Crippen LogP contribution in [0.25, 0.3) is 0 Å². The summed E-state index contributed by atoms with van der Waals surface area (Å²) in [4.78, 5) is 13.6. The number of likely N-dealkylation sites (tertiary alicyclic amines) is 1. The number of carbonyl (C=O) groups is 1. The zero-order valence-corrected chi connectivity index (χ0v) is 9.05. The van der Waals surface area contributed by atoms with Crippen LogP contribution in [0.1, 0.15) is 33.6 Å². The summed E-state index contributed by atoms with van der Waals surface area (Å²) in [5.74, 6) is 0.291. The molecule has 1 aliphatic heterocycles. The van der Waals surface area contributed by atoms with Crippen molar-refractivity contribution in [2.75, 3.05) is 13.6 Å². The number of hydrogen-bond acceptors (Lipinski definition) is 2. The number of amides is 1. The Hall–Kier alpha value is -0.570. The van der Waals surface area contributed by atoms with E-state index < -0.39 is 0 Å². The topological polar surface area (TPSA) is 32.3 Å². The van der Waals surface area contributed by atoms with E-state index in [1.54, 1.807) is 0 Å². The summed E-state index contributed by atoms with van der Waals surface area (Å²) < 4.78 is 0. The molecule has 1 atom stereocenters. The highest BCUT2D eigenvalue weighted by Gasteiger charge is 2.31. The normalized spacial score (nSPS) is 25.1. The van der Waals surface area contributed by atoms with Gasteiger partial charge in [0.05, 0.1) is 0 Å². The lowest BCUT2D eigenvalue weighted by Crippen LogP contribution is -2.54. The first-order valence-electron chi connectivity index (χ1n) is 4.93. The van der Waals surface area contributed by atoms with Gasteiger partial charge in [0.15, 0.2) is 0 Å². The van der Waals surface area contributed by atoms with Crippen LogP contribution in [0.4, 0.5) is 0 Å². The van der Waals surface area contributed by atoms with Crippen molar-refractivity contribution in [3.63, 3.8) is 0 Å². The summed E-state index contributed by atoms with van der Waals surface area (Å²) in [6, 6.07) is 0.469. The van der Waals surface area contributed by atoms with Gasteiger partial charge in [0.1, 0.15) is 0 Å². The molecule has 1 amide bonds. The molecule has 1 heterocycles. The Morgan fingerprint density at radius 1 is 1.46 bits per heavy atom. The van der Waals surface area contributed by atoms with Gasteiger partial charge >= 0.3 is 0 Å². The van der Waals surface area contributed by atoms with Gasteiger partial charge in [-0.15, -0.1) is 0 Å². The van der Waals surface area contributed by atoms with Crippen LogP contribution in [0.15, 0.2) is 0 Å². The molecule has 1 saturated heterocycles. The number of hydrogen-bond donors (Lipinski definition) is 1. The third-order valence-corrected chi connectivity index (χ3v) is 2.63. The summed E-state index contributed by atoms with van der Waals surface area (Å²) in [7, 11) is 1.96. The van der Waals surface area contributed by atoms with Gasteiger partial charge in [-0.25, -0.2) is 0 Å². The van der Waals surface area contributed by atoms with Crippen LogP contribution in [0.2, 0.25) is 0 Å². The van der Waals surface area contributed by atoms with E-state index >= 15 is 0 Å². The maximum atomic E-state index is 11.6. The lowest BCUT2D eigenvalue weighted by atomic mass is 9.98. The molecule has 13 heavy (non-hydrogen) atoms. The summed E-state index contributed by atoms with van der Waals surface area (Å²) >= 11 is 0. The molecule has 1 fully saturated rings. The van der Waals surface area contributed by atoms with Crippen LogP contribution in [-0.4, -0.2) is 36.0 Å². The summed E-state index contributed by atoms with van der Waals surface area (Å²) in [5, 5.41) is 3.23. The number of rotatable bonds is 1. The highest BCUT2D eigenvalue weighted by molar-refractivity contribution is 5.77. The molecular formula is C10H20N2O. The van der Waals surface area contributed by atoms with Crippen LogP contribution in [0.3, 0.4) is 0 Å². The van der Waals surface area contributed by atoms with E-state index in [9.17, 15) is 4.79 Å². The summed E-state index contributed by atoms with van der Waals surface area (Å²) in [6.45, 7) is 7.10. The van der Waals surface area contributed by atoms with Gasteiger partial charge < -0.3 is 10.2 Å². The molecule has 76 valence electrons. The molecule has 0 radical (unpaired) electrons. The second-order valence-corrected chi connectivity index (χ2v) is 4.70. The average Bonchev–Trinajstić information content (AvgIpc) is 2.03. The Kier molecular flexibility index (Phi) is 2.96. The van der Waals surface area contributed by atoms with Crippen molar-refractivity contribution in [2.45, 2.75) is 45.2 Å². The third kappa shape index (κ3) is 2.44. The van der Waals surface area contributed by atoms with Crippen LogP contribution >= 0.6 is 0 Å². The highest BCUT2D eigenvalue weighted by Crippen LogP contribution is 2.20. The molecule has 3 nitrogen and oxygen atoms in total. The average molecular weight is 184 g/mol. The molecule has 0 aromatic carbocycles. The first-order chi connectivity index (χ1) is 5.95. The quantitative estimate of drug-likeness (QED) is 0.659. The number of likely N-dealkylation sites (N-methyl/N-ethyl adjacent to an activating group) is 1. The van der Waals surface area contributed by atoms with E-state index in [0.717, 1.165) is 13.0 Å². The van der Waals surface area contributed by atoms with Crippen molar-refractivity contribution >= 4 is 5.91 Å². The van der Waals surface area contributed by atoms with E-state index in [4.69, 9.17) is 0 Å². The summed E-state index contributed by atoms with van der Waals surface area (Å²) in [6.07, 6.45) is 1.66. The molecule has 0 bridgehead atoms. The smallest absolute Gasteiger partial charge is 0.223 e. The zero-order valence-electron chi connectivity index (χ0n) is 9.05. The standard InChI is InChI=1S/C10H20N2O/c1-10(2,3)12-7-8(11-4)5-6-9(12)13/h8,11H,5-7H2,1-4H3. The van der Waals surface area contributed by atoms with Gasteiger partial charge in [0.25, 0.3) is 0 Å². The second-order valence-electron chi connectivity index (χ2n) is 4.70. The lowest BCUT2D eigenvalue weighted by molar-refractivity contribution is -0.139. The Bertz CT molecular complexity index is 196. The fourth-order valence-electron chi connectivity index (χ4n) is 1.73. The largest absolute Gasteiger partial charge is 0.336 e.